The minimum atomic E-state index is 0.733. The second-order valence-electron chi connectivity index (χ2n) is 4.43. The van der Waals surface area contributed by atoms with Crippen LogP contribution in [-0.2, 0) is 13.1 Å². The molecule has 0 amide bonds. The van der Waals surface area contributed by atoms with Crippen LogP contribution in [0.15, 0.2) is 6.20 Å². The van der Waals surface area contributed by atoms with Crippen molar-refractivity contribution in [1.82, 2.24) is 25.2 Å². The normalized spacial score (nSPS) is 16.2. The molecule has 5 heteroatoms. The molecule has 1 heterocycles. The minimum absolute atomic E-state index is 0.733. The van der Waals surface area contributed by atoms with Crippen molar-refractivity contribution in [3.63, 3.8) is 0 Å². The van der Waals surface area contributed by atoms with Gasteiger partial charge in [0.2, 0.25) is 0 Å². The summed E-state index contributed by atoms with van der Waals surface area (Å²) in [6.07, 6.45) is 4.66. The van der Waals surface area contributed by atoms with Crippen molar-refractivity contribution in [1.29, 1.82) is 0 Å². The van der Waals surface area contributed by atoms with Gasteiger partial charge in [-0.2, -0.15) is 0 Å². The summed E-state index contributed by atoms with van der Waals surface area (Å²) in [5, 5.41) is 11.6. The highest BCUT2D eigenvalue weighted by molar-refractivity contribution is 4.94. The number of aromatic nitrogens is 3. The molecular weight excluding hydrogens is 190 g/mol. The Hall–Kier alpha value is -0.940. The van der Waals surface area contributed by atoms with Gasteiger partial charge in [-0.05, 0) is 26.9 Å². The third-order valence-electron chi connectivity index (χ3n) is 2.51. The quantitative estimate of drug-likeness (QED) is 0.721. The molecule has 0 aliphatic heterocycles. The number of hydrogen-bond acceptors (Lipinski definition) is 4. The standard InChI is InChI=1S/C10H19N5/c1-14(2)5-6-15-8-10(12-13-15)7-11-9-3-4-9/h8-9,11H,3-7H2,1-2H3. The largest absolute Gasteiger partial charge is 0.308 e. The molecule has 0 atom stereocenters. The monoisotopic (exact) mass is 209 g/mol. The van der Waals surface area contributed by atoms with Gasteiger partial charge in [-0.1, -0.05) is 5.21 Å². The molecule has 1 aromatic rings. The van der Waals surface area contributed by atoms with E-state index in [1.54, 1.807) is 0 Å². The molecule has 1 saturated carbocycles. The van der Waals surface area contributed by atoms with Gasteiger partial charge in [0.25, 0.3) is 0 Å². The predicted octanol–water partition coefficient (Wildman–Crippen LogP) is 0.0917. The Bertz CT molecular complexity index is 282. The molecule has 1 fully saturated rings. The Morgan fingerprint density at radius 1 is 1.53 bits per heavy atom. The van der Waals surface area contributed by atoms with E-state index in [0.717, 1.165) is 31.4 Å². The molecular formula is C10H19N5. The van der Waals surface area contributed by atoms with Crippen molar-refractivity contribution < 1.29 is 0 Å². The number of rotatable bonds is 6. The summed E-state index contributed by atoms with van der Waals surface area (Å²) in [6, 6.07) is 0.733. The van der Waals surface area contributed by atoms with Crippen LogP contribution >= 0.6 is 0 Å². The molecule has 0 saturated heterocycles. The maximum absolute atomic E-state index is 4.13. The smallest absolute Gasteiger partial charge is 0.0964 e. The first kappa shape index (κ1) is 10.6. The molecule has 1 aromatic heterocycles. The molecule has 0 spiro atoms. The van der Waals surface area contributed by atoms with Gasteiger partial charge in [-0.3, -0.25) is 4.68 Å². The van der Waals surface area contributed by atoms with E-state index in [1.165, 1.54) is 12.8 Å². The second-order valence-corrected chi connectivity index (χ2v) is 4.43. The van der Waals surface area contributed by atoms with Gasteiger partial charge >= 0.3 is 0 Å². The first-order chi connectivity index (χ1) is 7.24. The van der Waals surface area contributed by atoms with Crippen LogP contribution in [0.5, 0.6) is 0 Å². The fourth-order valence-electron chi connectivity index (χ4n) is 1.37. The Kier molecular flexibility index (Phi) is 3.33. The summed E-state index contributed by atoms with van der Waals surface area (Å²) >= 11 is 0. The van der Waals surface area contributed by atoms with Crippen LogP contribution in [0.2, 0.25) is 0 Å². The summed E-state index contributed by atoms with van der Waals surface area (Å²) in [4.78, 5) is 2.14. The average Bonchev–Trinajstić information content (AvgIpc) is 2.92. The molecule has 84 valence electrons. The van der Waals surface area contributed by atoms with Gasteiger partial charge < -0.3 is 10.2 Å². The fourth-order valence-corrected chi connectivity index (χ4v) is 1.37. The topological polar surface area (TPSA) is 46.0 Å². The summed E-state index contributed by atoms with van der Waals surface area (Å²) < 4.78 is 1.91. The zero-order valence-corrected chi connectivity index (χ0v) is 9.48. The van der Waals surface area contributed by atoms with Crippen LogP contribution in [-0.4, -0.2) is 46.6 Å². The Morgan fingerprint density at radius 2 is 2.33 bits per heavy atom. The van der Waals surface area contributed by atoms with Crippen LogP contribution in [0.1, 0.15) is 18.5 Å². The number of likely N-dealkylation sites (N-methyl/N-ethyl adjacent to an activating group) is 1. The van der Waals surface area contributed by atoms with Gasteiger partial charge in [0, 0.05) is 25.3 Å². The number of nitrogens with one attached hydrogen (secondary N) is 1. The van der Waals surface area contributed by atoms with E-state index in [2.05, 4.69) is 34.6 Å². The molecule has 15 heavy (non-hydrogen) atoms. The molecule has 1 N–H and O–H groups in total. The van der Waals surface area contributed by atoms with Gasteiger partial charge in [-0.25, -0.2) is 0 Å². The summed E-state index contributed by atoms with van der Waals surface area (Å²) in [5.74, 6) is 0. The summed E-state index contributed by atoms with van der Waals surface area (Å²) in [7, 11) is 4.12. The first-order valence-electron chi connectivity index (χ1n) is 5.51. The molecule has 2 rings (SSSR count). The minimum Gasteiger partial charge on any atom is -0.308 e. The third kappa shape index (κ3) is 3.60. The van der Waals surface area contributed by atoms with Crippen LogP contribution in [0, 0.1) is 0 Å². The van der Waals surface area contributed by atoms with E-state index < -0.39 is 0 Å². The van der Waals surface area contributed by atoms with Gasteiger partial charge in [0.15, 0.2) is 0 Å². The molecule has 0 bridgehead atoms. The van der Waals surface area contributed by atoms with Crippen molar-refractivity contribution >= 4 is 0 Å². The van der Waals surface area contributed by atoms with E-state index in [1.807, 2.05) is 10.9 Å². The average molecular weight is 209 g/mol. The van der Waals surface area contributed by atoms with Crippen LogP contribution in [0.3, 0.4) is 0 Å². The van der Waals surface area contributed by atoms with E-state index in [-0.39, 0.29) is 0 Å². The lowest BCUT2D eigenvalue weighted by atomic mass is 10.4. The highest BCUT2D eigenvalue weighted by Gasteiger charge is 2.20. The van der Waals surface area contributed by atoms with Crippen molar-refractivity contribution in [3.05, 3.63) is 11.9 Å². The summed E-state index contributed by atoms with van der Waals surface area (Å²) in [5.41, 5.74) is 1.04. The predicted molar refractivity (Wildman–Crippen MR) is 58.4 cm³/mol. The van der Waals surface area contributed by atoms with E-state index >= 15 is 0 Å². The molecule has 1 aliphatic carbocycles. The SMILES string of the molecule is CN(C)CCn1cc(CNC2CC2)nn1. The fraction of sp³-hybridized carbons (Fsp3) is 0.800. The van der Waals surface area contributed by atoms with Crippen molar-refractivity contribution in [2.75, 3.05) is 20.6 Å². The Balaban J connectivity index is 1.75. The lowest BCUT2D eigenvalue weighted by molar-refractivity contribution is 0.370. The molecule has 0 unspecified atom stereocenters. The van der Waals surface area contributed by atoms with Gasteiger partial charge in [0.1, 0.15) is 0 Å². The van der Waals surface area contributed by atoms with Crippen LogP contribution in [0.4, 0.5) is 0 Å². The lowest BCUT2D eigenvalue weighted by Gasteiger charge is -2.07. The van der Waals surface area contributed by atoms with E-state index in [4.69, 9.17) is 0 Å². The third-order valence-corrected chi connectivity index (χ3v) is 2.51. The molecule has 5 nitrogen and oxygen atoms in total. The number of hydrogen-bond donors (Lipinski definition) is 1. The summed E-state index contributed by atoms with van der Waals surface area (Å²) in [6.45, 7) is 2.76. The maximum atomic E-state index is 4.13. The molecule has 0 aromatic carbocycles. The zero-order valence-electron chi connectivity index (χ0n) is 9.48. The first-order valence-corrected chi connectivity index (χ1v) is 5.51. The van der Waals surface area contributed by atoms with Gasteiger partial charge in [0.05, 0.1) is 12.2 Å². The second kappa shape index (κ2) is 4.72. The van der Waals surface area contributed by atoms with Crippen molar-refractivity contribution in [2.45, 2.75) is 32.0 Å². The van der Waals surface area contributed by atoms with E-state index in [9.17, 15) is 0 Å². The van der Waals surface area contributed by atoms with Crippen LogP contribution in [0.25, 0.3) is 0 Å². The highest BCUT2D eigenvalue weighted by Crippen LogP contribution is 2.18. The van der Waals surface area contributed by atoms with Crippen molar-refractivity contribution in [2.24, 2.45) is 0 Å². The Morgan fingerprint density at radius 3 is 3.00 bits per heavy atom. The molecule has 0 radical (unpaired) electrons. The highest BCUT2D eigenvalue weighted by atomic mass is 15.4. The van der Waals surface area contributed by atoms with Crippen LogP contribution < -0.4 is 5.32 Å². The van der Waals surface area contributed by atoms with Crippen molar-refractivity contribution in [3.8, 4) is 0 Å². The van der Waals surface area contributed by atoms with Gasteiger partial charge in [-0.15, -0.1) is 5.10 Å². The molecule has 1 aliphatic rings. The maximum Gasteiger partial charge on any atom is 0.0964 e. The number of nitrogens with zero attached hydrogens (tertiary/aromatic N) is 4. The van der Waals surface area contributed by atoms with E-state index in [0.29, 0.717) is 0 Å². The zero-order chi connectivity index (χ0) is 10.7. The Labute approximate surface area is 90.5 Å². The lowest BCUT2D eigenvalue weighted by Crippen LogP contribution is -2.18.